The predicted molar refractivity (Wildman–Crippen MR) is 93.5 cm³/mol. The summed E-state index contributed by atoms with van der Waals surface area (Å²) in [5.74, 6) is 0.402. The van der Waals surface area contributed by atoms with Crippen LogP contribution in [0.1, 0.15) is 10.4 Å². The van der Waals surface area contributed by atoms with Gasteiger partial charge in [-0.1, -0.05) is 12.1 Å². The second-order valence-electron chi connectivity index (χ2n) is 5.62. The molecule has 1 aromatic carbocycles. The van der Waals surface area contributed by atoms with E-state index in [1.807, 2.05) is 38.4 Å². The highest BCUT2D eigenvalue weighted by atomic mass is 16.2. The SMILES string of the molecule is CN(C)c1ncccc1C(=O)NCCn1c(=O)[nH]c2ccccc21. The van der Waals surface area contributed by atoms with Crippen molar-refractivity contribution in [2.45, 2.75) is 6.54 Å². The van der Waals surface area contributed by atoms with E-state index in [0.717, 1.165) is 11.0 Å². The van der Waals surface area contributed by atoms with E-state index in [0.29, 0.717) is 24.5 Å². The molecule has 24 heavy (non-hydrogen) atoms. The molecule has 2 N–H and O–H groups in total. The van der Waals surface area contributed by atoms with Crippen molar-refractivity contribution in [1.82, 2.24) is 19.9 Å². The number of carbonyl (C=O) groups excluding carboxylic acids is 1. The van der Waals surface area contributed by atoms with Gasteiger partial charge in [0.1, 0.15) is 5.82 Å². The maximum atomic E-state index is 12.4. The summed E-state index contributed by atoms with van der Waals surface area (Å²) in [5.41, 5.74) is 1.94. The van der Waals surface area contributed by atoms with Crippen molar-refractivity contribution in [3.05, 3.63) is 58.6 Å². The smallest absolute Gasteiger partial charge is 0.326 e. The Morgan fingerprint density at radius 3 is 2.83 bits per heavy atom. The van der Waals surface area contributed by atoms with Crippen molar-refractivity contribution < 1.29 is 4.79 Å². The lowest BCUT2D eigenvalue weighted by Gasteiger charge is -2.15. The standard InChI is InChI=1S/C17H19N5O2/c1-21(2)15-12(6-5-9-18-15)16(23)19-10-11-22-14-8-4-3-7-13(14)20-17(22)24/h3-9H,10-11H2,1-2H3,(H,19,23)(H,20,24). The van der Waals surface area contributed by atoms with Crippen molar-refractivity contribution in [3.8, 4) is 0 Å². The number of hydrogen-bond acceptors (Lipinski definition) is 4. The quantitative estimate of drug-likeness (QED) is 0.739. The lowest BCUT2D eigenvalue weighted by atomic mass is 10.2. The molecule has 0 saturated heterocycles. The lowest BCUT2D eigenvalue weighted by Crippen LogP contribution is -2.31. The number of nitrogens with zero attached hydrogens (tertiary/aromatic N) is 3. The van der Waals surface area contributed by atoms with E-state index in [2.05, 4.69) is 15.3 Å². The Kier molecular flexibility index (Phi) is 4.33. The van der Waals surface area contributed by atoms with Gasteiger partial charge in [0, 0.05) is 33.4 Å². The predicted octanol–water partition coefficient (Wildman–Crippen LogP) is 1.22. The molecule has 0 radical (unpaired) electrons. The second-order valence-corrected chi connectivity index (χ2v) is 5.62. The molecule has 1 amide bonds. The fourth-order valence-corrected chi connectivity index (χ4v) is 2.64. The molecule has 0 spiro atoms. The third kappa shape index (κ3) is 3.01. The van der Waals surface area contributed by atoms with Crippen molar-refractivity contribution in [2.75, 3.05) is 25.5 Å². The Hall–Kier alpha value is -3.09. The highest BCUT2D eigenvalue weighted by Crippen LogP contribution is 2.14. The summed E-state index contributed by atoms with van der Waals surface area (Å²) in [6.07, 6.45) is 1.65. The molecule has 0 aliphatic heterocycles. The van der Waals surface area contributed by atoms with Crippen molar-refractivity contribution >= 4 is 22.8 Å². The van der Waals surface area contributed by atoms with Gasteiger partial charge in [0.25, 0.3) is 5.91 Å². The maximum absolute atomic E-state index is 12.4. The van der Waals surface area contributed by atoms with Crippen LogP contribution in [-0.2, 0) is 6.54 Å². The van der Waals surface area contributed by atoms with Crippen LogP contribution in [0.5, 0.6) is 0 Å². The summed E-state index contributed by atoms with van der Waals surface area (Å²) >= 11 is 0. The van der Waals surface area contributed by atoms with E-state index in [4.69, 9.17) is 0 Å². The number of benzene rings is 1. The summed E-state index contributed by atoms with van der Waals surface area (Å²) in [4.78, 5) is 33.2. The molecule has 0 aliphatic rings. The van der Waals surface area contributed by atoms with Crippen molar-refractivity contribution in [3.63, 3.8) is 0 Å². The molecule has 0 aliphatic carbocycles. The van der Waals surface area contributed by atoms with Gasteiger partial charge in [0.2, 0.25) is 0 Å². The second kappa shape index (κ2) is 6.57. The minimum Gasteiger partial charge on any atom is -0.362 e. The number of aromatic amines is 1. The molecule has 3 rings (SSSR count). The summed E-state index contributed by atoms with van der Waals surface area (Å²) in [6, 6.07) is 10.9. The van der Waals surface area contributed by atoms with Gasteiger partial charge >= 0.3 is 5.69 Å². The first-order valence-electron chi connectivity index (χ1n) is 7.66. The number of pyridine rings is 1. The summed E-state index contributed by atoms with van der Waals surface area (Å²) in [6.45, 7) is 0.745. The normalized spacial score (nSPS) is 10.8. The van der Waals surface area contributed by atoms with Crippen LogP contribution in [0.25, 0.3) is 11.0 Å². The molecule has 0 atom stereocenters. The molecular formula is C17H19N5O2. The van der Waals surface area contributed by atoms with Crippen LogP contribution in [0.4, 0.5) is 5.82 Å². The number of amides is 1. The van der Waals surface area contributed by atoms with Gasteiger partial charge in [-0.05, 0) is 24.3 Å². The van der Waals surface area contributed by atoms with E-state index in [-0.39, 0.29) is 11.6 Å². The van der Waals surface area contributed by atoms with Crippen LogP contribution >= 0.6 is 0 Å². The number of para-hydroxylation sites is 2. The van der Waals surface area contributed by atoms with Gasteiger partial charge in [-0.15, -0.1) is 0 Å². The highest BCUT2D eigenvalue weighted by Gasteiger charge is 2.13. The van der Waals surface area contributed by atoms with Gasteiger partial charge in [-0.2, -0.15) is 0 Å². The molecule has 7 heteroatoms. The first kappa shape index (κ1) is 15.8. The number of imidazole rings is 1. The number of anilines is 1. The van der Waals surface area contributed by atoms with Crippen LogP contribution in [-0.4, -0.2) is 41.1 Å². The summed E-state index contributed by atoms with van der Waals surface area (Å²) < 4.78 is 1.62. The van der Waals surface area contributed by atoms with Gasteiger partial charge in [0.15, 0.2) is 0 Å². The van der Waals surface area contributed by atoms with Crippen LogP contribution < -0.4 is 15.9 Å². The Balaban J connectivity index is 1.71. The van der Waals surface area contributed by atoms with Gasteiger partial charge in [-0.3, -0.25) is 9.36 Å². The van der Waals surface area contributed by atoms with Crippen molar-refractivity contribution in [2.24, 2.45) is 0 Å². The monoisotopic (exact) mass is 325 g/mol. The topological polar surface area (TPSA) is 83.0 Å². The Bertz CT molecular complexity index is 926. The minimum atomic E-state index is -0.209. The van der Waals surface area contributed by atoms with Gasteiger partial charge in [0.05, 0.1) is 16.6 Å². The molecule has 0 fully saturated rings. The number of nitrogens with one attached hydrogen (secondary N) is 2. The van der Waals surface area contributed by atoms with Gasteiger partial charge < -0.3 is 15.2 Å². The number of fused-ring (bicyclic) bond motifs is 1. The van der Waals surface area contributed by atoms with Gasteiger partial charge in [-0.25, -0.2) is 9.78 Å². The first-order valence-corrected chi connectivity index (χ1v) is 7.66. The average Bonchev–Trinajstić information content (AvgIpc) is 2.90. The Labute approximate surface area is 138 Å². The van der Waals surface area contributed by atoms with E-state index in [1.165, 1.54) is 0 Å². The van der Waals surface area contributed by atoms with E-state index >= 15 is 0 Å². The number of aromatic nitrogens is 3. The number of hydrogen-bond donors (Lipinski definition) is 2. The maximum Gasteiger partial charge on any atom is 0.326 e. The number of H-pyrrole nitrogens is 1. The lowest BCUT2D eigenvalue weighted by molar-refractivity contribution is 0.0952. The van der Waals surface area contributed by atoms with E-state index in [1.54, 1.807) is 27.8 Å². The third-order valence-electron chi connectivity index (χ3n) is 3.76. The molecule has 0 unspecified atom stereocenters. The summed E-state index contributed by atoms with van der Waals surface area (Å²) in [7, 11) is 3.68. The zero-order valence-electron chi connectivity index (χ0n) is 13.6. The molecule has 0 bridgehead atoms. The molecule has 2 heterocycles. The minimum absolute atomic E-state index is 0.180. The fourth-order valence-electron chi connectivity index (χ4n) is 2.64. The Morgan fingerprint density at radius 2 is 2.04 bits per heavy atom. The molecule has 0 saturated carbocycles. The first-order chi connectivity index (χ1) is 11.6. The largest absolute Gasteiger partial charge is 0.362 e. The highest BCUT2D eigenvalue weighted by molar-refractivity contribution is 5.98. The molecule has 3 aromatic rings. The van der Waals surface area contributed by atoms with Crippen molar-refractivity contribution in [1.29, 1.82) is 0 Å². The molecule has 2 aromatic heterocycles. The van der Waals surface area contributed by atoms with Crippen LogP contribution in [0, 0.1) is 0 Å². The Morgan fingerprint density at radius 1 is 1.25 bits per heavy atom. The summed E-state index contributed by atoms with van der Waals surface area (Å²) in [5, 5.41) is 2.85. The zero-order chi connectivity index (χ0) is 17.1. The molecule has 7 nitrogen and oxygen atoms in total. The zero-order valence-corrected chi connectivity index (χ0v) is 13.6. The fraction of sp³-hybridized carbons (Fsp3) is 0.235. The van der Waals surface area contributed by atoms with E-state index < -0.39 is 0 Å². The number of rotatable bonds is 5. The molecular weight excluding hydrogens is 306 g/mol. The number of carbonyl (C=O) groups is 1. The van der Waals surface area contributed by atoms with Crippen LogP contribution in [0.3, 0.4) is 0 Å². The molecule has 124 valence electrons. The average molecular weight is 325 g/mol. The van der Waals surface area contributed by atoms with Crippen LogP contribution in [0.2, 0.25) is 0 Å². The third-order valence-corrected chi connectivity index (χ3v) is 3.76. The van der Waals surface area contributed by atoms with E-state index in [9.17, 15) is 9.59 Å². The van der Waals surface area contributed by atoms with Crippen LogP contribution in [0.15, 0.2) is 47.4 Å².